The van der Waals surface area contributed by atoms with Crippen molar-refractivity contribution in [1.82, 2.24) is 19.4 Å². The highest BCUT2D eigenvalue weighted by molar-refractivity contribution is 9.10. The van der Waals surface area contributed by atoms with Crippen LogP contribution in [0.25, 0.3) is 5.69 Å². The number of carbonyl (C=O) groups excluding carboxylic acids is 5. The van der Waals surface area contributed by atoms with Crippen LogP contribution in [-0.4, -0.2) is 80.7 Å². The fourth-order valence-electron chi connectivity index (χ4n) is 5.36. The number of aromatic nitrogens is 2. The largest absolute Gasteiger partial charge is 0.457 e. The summed E-state index contributed by atoms with van der Waals surface area (Å²) in [6, 6.07) is 7.89. The predicted octanol–water partition coefficient (Wildman–Crippen LogP) is 6.19. The first-order chi connectivity index (χ1) is 26.1. The summed E-state index contributed by atoms with van der Waals surface area (Å²) < 4.78 is 56.4. The number of imide groups is 1. The Morgan fingerprint density at radius 2 is 1.66 bits per heavy atom. The molecule has 2 atom stereocenters. The van der Waals surface area contributed by atoms with Gasteiger partial charge < -0.3 is 24.4 Å². The molecule has 298 valence electrons. The van der Waals surface area contributed by atoms with E-state index in [9.17, 15) is 41.9 Å². The third-order valence-electron chi connectivity index (χ3n) is 8.20. The van der Waals surface area contributed by atoms with E-state index >= 15 is 0 Å². The van der Waals surface area contributed by atoms with Crippen LogP contribution < -0.4 is 10.9 Å². The van der Waals surface area contributed by atoms with E-state index in [0.29, 0.717) is 4.90 Å². The van der Waals surface area contributed by atoms with E-state index in [4.69, 9.17) is 14.2 Å². The minimum absolute atomic E-state index is 0.0304. The molecule has 2 heterocycles. The van der Waals surface area contributed by atoms with Crippen LogP contribution in [0.1, 0.15) is 72.2 Å². The van der Waals surface area contributed by atoms with E-state index in [1.165, 1.54) is 39.8 Å². The number of fused-ring (bicyclic) bond motifs is 1. The number of alkyl halides is 3. The maximum Gasteiger partial charge on any atom is 0.419 e. The molecule has 0 radical (unpaired) electrons. The van der Waals surface area contributed by atoms with Crippen molar-refractivity contribution in [2.45, 2.75) is 71.4 Å². The van der Waals surface area contributed by atoms with Crippen LogP contribution in [0.3, 0.4) is 0 Å². The number of carbonyl (C=O) groups is 5. The Kier molecular flexibility index (Phi) is 13.3. The van der Waals surface area contributed by atoms with E-state index in [1.54, 1.807) is 40.7 Å². The molecule has 18 heteroatoms. The third-order valence-corrected chi connectivity index (χ3v) is 8.89. The Morgan fingerprint density at radius 3 is 2.27 bits per heavy atom. The zero-order chi connectivity index (χ0) is 41.7. The Hall–Kier alpha value is -5.78. The number of ether oxygens (including phenoxy) is 3. The lowest BCUT2D eigenvalue weighted by Gasteiger charge is -2.35. The molecule has 0 fully saturated rings. The van der Waals surface area contributed by atoms with E-state index in [-0.39, 0.29) is 51.5 Å². The molecule has 2 aromatic carbocycles. The van der Waals surface area contributed by atoms with Crippen molar-refractivity contribution in [2.24, 2.45) is 0 Å². The molecule has 1 aliphatic rings. The Balaban J connectivity index is 1.52. The summed E-state index contributed by atoms with van der Waals surface area (Å²) in [5.41, 5.74) is -1.57. The van der Waals surface area contributed by atoms with Gasteiger partial charge in [-0.1, -0.05) is 22.0 Å². The van der Waals surface area contributed by atoms with E-state index in [2.05, 4.69) is 32.8 Å². The fourth-order valence-corrected chi connectivity index (χ4v) is 5.83. The third kappa shape index (κ3) is 10.5. The lowest BCUT2D eigenvalue weighted by molar-refractivity contribution is -0.150. The number of benzene rings is 2. The smallest absolute Gasteiger partial charge is 0.419 e. The van der Waals surface area contributed by atoms with Crippen LogP contribution >= 0.6 is 15.9 Å². The average molecular weight is 847 g/mol. The van der Waals surface area contributed by atoms with Gasteiger partial charge in [0.25, 0.3) is 17.4 Å². The molecule has 3 amide bonds. The van der Waals surface area contributed by atoms with Gasteiger partial charge in [0.05, 0.1) is 23.5 Å². The average Bonchev–Trinajstić information content (AvgIpc) is 3.12. The van der Waals surface area contributed by atoms with Crippen molar-refractivity contribution in [3.8, 4) is 5.69 Å². The van der Waals surface area contributed by atoms with Gasteiger partial charge in [0.15, 0.2) is 0 Å². The van der Waals surface area contributed by atoms with Crippen LogP contribution in [0.15, 0.2) is 76.5 Å². The number of halogens is 4. The van der Waals surface area contributed by atoms with Crippen molar-refractivity contribution in [3.05, 3.63) is 110 Å². The van der Waals surface area contributed by atoms with Crippen molar-refractivity contribution >= 4 is 51.7 Å². The predicted molar refractivity (Wildman–Crippen MR) is 200 cm³/mol. The molecule has 4 rings (SSSR count). The maximum atomic E-state index is 14.1. The molecule has 0 bridgehead atoms. The molecule has 2 unspecified atom stereocenters. The first-order valence-corrected chi connectivity index (χ1v) is 17.7. The second-order valence-corrected chi connectivity index (χ2v) is 14.5. The molecule has 1 aliphatic heterocycles. The normalized spacial score (nSPS) is 14.7. The molecule has 0 aliphatic carbocycles. The molecular weight excluding hydrogens is 807 g/mol. The molecule has 1 aromatic heterocycles. The maximum absolute atomic E-state index is 14.1. The molecule has 14 nitrogen and oxygen atoms in total. The minimum atomic E-state index is -4.69. The van der Waals surface area contributed by atoms with Gasteiger partial charge in [0.2, 0.25) is 12.7 Å². The summed E-state index contributed by atoms with van der Waals surface area (Å²) in [5, 5.41) is 3.09. The first kappa shape index (κ1) is 43.0. The number of hydrogen-bond donors (Lipinski definition) is 1. The van der Waals surface area contributed by atoms with Crippen LogP contribution in [0, 0.1) is 0 Å². The minimum Gasteiger partial charge on any atom is -0.457 e. The fraction of sp³-hybridized carbons (Fsp3) is 0.342. The van der Waals surface area contributed by atoms with Gasteiger partial charge in [-0.2, -0.15) is 13.2 Å². The van der Waals surface area contributed by atoms with Crippen molar-refractivity contribution in [1.29, 1.82) is 0 Å². The number of rotatable bonds is 10. The van der Waals surface area contributed by atoms with Crippen molar-refractivity contribution < 1.29 is 51.4 Å². The number of esters is 2. The molecule has 0 saturated carbocycles. The van der Waals surface area contributed by atoms with Gasteiger partial charge in [0, 0.05) is 52.4 Å². The van der Waals surface area contributed by atoms with Crippen LogP contribution in [0.2, 0.25) is 0 Å². The number of nitrogens with one attached hydrogen (secondary N) is 1. The molecule has 56 heavy (non-hydrogen) atoms. The summed E-state index contributed by atoms with van der Waals surface area (Å²) in [4.78, 5) is 83.5. The highest BCUT2D eigenvalue weighted by atomic mass is 79.9. The number of amides is 3. The summed E-state index contributed by atoms with van der Waals surface area (Å²) >= 11 is 2.89. The highest BCUT2D eigenvalue weighted by Gasteiger charge is 2.36. The van der Waals surface area contributed by atoms with Gasteiger partial charge in [-0.3, -0.25) is 14.4 Å². The molecule has 3 aromatic rings. The topological polar surface area (TPSA) is 166 Å². The van der Waals surface area contributed by atoms with Gasteiger partial charge in [-0.25, -0.2) is 28.8 Å². The highest BCUT2D eigenvalue weighted by Crippen LogP contribution is 2.36. The lowest BCUT2D eigenvalue weighted by Crippen LogP contribution is -2.46. The van der Waals surface area contributed by atoms with Crippen molar-refractivity contribution in [3.63, 3.8) is 0 Å². The van der Waals surface area contributed by atoms with Gasteiger partial charge >= 0.3 is 24.2 Å². The number of nitrogens with zero attached hydrogens (tertiary/aromatic N) is 4. The second-order valence-electron chi connectivity index (χ2n) is 13.6. The van der Waals surface area contributed by atoms with Crippen LogP contribution in [0.4, 0.5) is 23.9 Å². The molecule has 1 N–H and O–H groups in total. The summed E-state index contributed by atoms with van der Waals surface area (Å²) in [6.45, 7) is 11.1. The first-order valence-electron chi connectivity index (χ1n) is 17.0. The van der Waals surface area contributed by atoms with Crippen molar-refractivity contribution in [2.75, 3.05) is 19.2 Å². The second kappa shape index (κ2) is 17.3. The molecule has 0 saturated heterocycles. The lowest BCUT2D eigenvalue weighted by atomic mass is 9.98. The van der Waals surface area contributed by atoms with E-state index in [1.807, 2.05) is 0 Å². The van der Waals surface area contributed by atoms with E-state index < -0.39 is 71.6 Å². The quantitative estimate of drug-likeness (QED) is 0.107. The van der Waals surface area contributed by atoms with Crippen LogP contribution in [0.5, 0.6) is 0 Å². The summed E-state index contributed by atoms with van der Waals surface area (Å²) in [7, 11) is 1.14. The zero-order valence-corrected chi connectivity index (χ0v) is 32.8. The van der Waals surface area contributed by atoms with Gasteiger partial charge in [-0.05, 0) is 83.5 Å². The monoisotopic (exact) mass is 845 g/mol. The Bertz CT molecular complexity index is 2130. The molecule has 0 spiro atoms. The Morgan fingerprint density at radius 1 is 1.04 bits per heavy atom. The summed E-state index contributed by atoms with van der Waals surface area (Å²) in [6.07, 6.45) is -2.58. The van der Waals surface area contributed by atoms with E-state index in [0.717, 1.165) is 31.3 Å². The molecular formula is C38H39BrF3N5O9. The SMILES string of the molecule is C=CC(C)Nc1nc2c(c(=O)n1-c1ccc(C(=O)N(C)C(=O)OCOC(=O)/C=C/C(=O)OC(C)(C)C)cc1)CC(C)N(C(=O)c1ccc(Br)c(C(F)(F)F)c1)C2. The Labute approximate surface area is 328 Å². The van der Waals surface area contributed by atoms with Gasteiger partial charge in [-0.15, -0.1) is 6.58 Å². The van der Waals surface area contributed by atoms with Gasteiger partial charge in [0.1, 0.15) is 5.60 Å². The number of hydrogen-bond acceptors (Lipinski definition) is 11. The summed E-state index contributed by atoms with van der Waals surface area (Å²) in [5.74, 6) is -3.17. The zero-order valence-electron chi connectivity index (χ0n) is 31.2. The standard InChI is InChI=1S/C38H39BrF3N5O9/c1-8-21(2)43-35-44-29-19-46(33(51)24-11-14-28(39)27(18-24)38(40,41)42)22(3)17-26(29)34(52)47(35)25-12-9-23(10-13-25)32(50)45(7)36(53)55-20-54-30(48)15-16-31(49)56-37(4,5)6/h8-16,18,21-22H,1,17,19-20H2,2-7H3,(H,43,44)/b16-15+. The van der Waals surface area contributed by atoms with Crippen LogP contribution in [-0.2, 0) is 42.9 Å². The number of anilines is 1.